The molecule has 3 N–H and O–H groups in total. The van der Waals surface area contributed by atoms with E-state index in [1.807, 2.05) is 6.07 Å². The summed E-state index contributed by atoms with van der Waals surface area (Å²) in [5.41, 5.74) is 6.74. The van der Waals surface area contributed by atoms with Crippen LogP contribution in [0.1, 0.15) is 20.8 Å². The van der Waals surface area contributed by atoms with Gasteiger partial charge in [0.1, 0.15) is 27.3 Å². The molecule has 0 fully saturated rings. The second-order valence-corrected chi connectivity index (χ2v) is 4.80. The fraction of sp³-hybridized carbons (Fsp3) is 0.0769. The molecule has 0 amide bonds. The van der Waals surface area contributed by atoms with Gasteiger partial charge in [0.25, 0.3) is 0 Å². The molecule has 0 aliphatic rings. The van der Waals surface area contributed by atoms with Crippen LogP contribution in [0.3, 0.4) is 0 Å². The molecular formula is C13H10FN3OS. The lowest BCUT2D eigenvalue weighted by atomic mass is 10.1. The number of nitrogens with two attached hydrogens (primary N) is 1. The van der Waals surface area contributed by atoms with Crippen LogP contribution in [0.5, 0.6) is 0 Å². The Morgan fingerprint density at radius 2 is 2.05 bits per heavy atom. The van der Waals surface area contributed by atoms with Gasteiger partial charge in [-0.05, 0) is 24.3 Å². The first kappa shape index (κ1) is 13.1. The predicted octanol–water partition coefficient (Wildman–Crippen LogP) is 2.61. The first-order valence-electron chi connectivity index (χ1n) is 5.39. The molecule has 1 heterocycles. The van der Waals surface area contributed by atoms with E-state index in [1.165, 1.54) is 24.3 Å². The van der Waals surface area contributed by atoms with Gasteiger partial charge in [-0.3, -0.25) is 4.79 Å². The second kappa shape index (κ2) is 5.08. The van der Waals surface area contributed by atoms with Gasteiger partial charge in [0.15, 0.2) is 0 Å². The van der Waals surface area contributed by atoms with Crippen molar-refractivity contribution < 1.29 is 9.18 Å². The maximum absolute atomic E-state index is 12.8. The average Bonchev–Trinajstić information content (AvgIpc) is 2.74. The molecule has 0 saturated heterocycles. The molecule has 0 saturated carbocycles. The van der Waals surface area contributed by atoms with E-state index in [0.29, 0.717) is 16.1 Å². The Kier molecular flexibility index (Phi) is 3.49. The number of anilines is 2. The smallest absolute Gasteiger partial charge is 0.205 e. The van der Waals surface area contributed by atoms with Crippen LogP contribution in [-0.2, 0) is 0 Å². The van der Waals surface area contributed by atoms with E-state index in [1.54, 1.807) is 7.05 Å². The number of hydrogen-bond acceptors (Lipinski definition) is 5. The van der Waals surface area contributed by atoms with Crippen molar-refractivity contribution in [2.24, 2.45) is 0 Å². The number of rotatable bonds is 3. The van der Waals surface area contributed by atoms with Crippen molar-refractivity contribution in [3.63, 3.8) is 0 Å². The van der Waals surface area contributed by atoms with Crippen LogP contribution in [0.25, 0.3) is 0 Å². The van der Waals surface area contributed by atoms with Gasteiger partial charge in [-0.15, -0.1) is 11.3 Å². The summed E-state index contributed by atoms with van der Waals surface area (Å²) in [7, 11) is 1.61. The Hall–Kier alpha value is -2.39. The third-order valence-electron chi connectivity index (χ3n) is 2.61. The van der Waals surface area contributed by atoms with Gasteiger partial charge >= 0.3 is 0 Å². The van der Waals surface area contributed by atoms with Gasteiger partial charge in [-0.2, -0.15) is 5.26 Å². The zero-order valence-corrected chi connectivity index (χ0v) is 10.8. The van der Waals surface area contributed by atoms with Crippen molar-refractivity contribution >= 4 is 27.8 Å². The van der Waals surface area contributed by atoms with E-state index in [4.69, 9.17) is 11.0 Å². The van der Waals surface area contributed by atoms with E-state index in [0.717, 1.165) is 11.3 Å². The molecule has 2 rings (SSSR count). The highest BCUT2D eigenvalue weighted by atomic mass is 32.1. The van der Waals surface area contributed by atoms with E-state index >= 15 is 0 Å². The fourth-order valence-corrected chi connectivity index (χ4v) is 2.68. The number of carbonyl (C=O) groups is 1. The van der Waals surface area contributed by atoms with Crippen LogP contribution in [-0.4, -0.2) is 12.8 Å². The maximum atomic E-state index is 12.8. The Morgan fingerprint density at radius 1 is 1.42 bits per heavy atom. The molecule has 0 spiro atoms. The summed E-state index contributed by atoms with van der Waals surface area (Å²) in [5, 5.41) is 12.1. The zero-order chi connectivity index (χ0) is 14.0. The normalized spacial score (nSPS) is 9.95. The Balaban J connectivity index is 2.51. The van der Waals surface area contributed by atoms with Crippen LogP contribution < -0.4 is 11.1 Å². The van der Waals surface area contributed by atoms with E-state index in [2.05, 4.69) is 5.32 Å². The molecule has 0 unspecified atom stereocenters. The lowest BCUT2D eigenvalue weighted by Crippen LogP contribution is -2.03. The van der Waals surface area contributed by atoms with Crippen LogP contribution >= 0.6 is 11.3 Å². The van der Waals surface area contributed by atoms with E-state index < -0.39 is 5.82 Å². The molecule has 0 bridgehead atoms. The topological polar surface area (TPSA) is 78.9 Å². The number of nitrogens with zero attached hydrogens (tertiary/aromatic N) is 1. The first-order chi connectivity index (χ1) is 9.08. The zero-order valence-electron chi connectivity index (χ0n) is 10.0. The maximum Gasteiger partial charge on any atom is 0.205 e. The molecule has 0 aliphatic heterocycles. The van der Waals surface area contributed by atoms with Crippen LogP contribution in [0.4, 0.5) is 15.1 Å². The molecule has 6 heteroatoms. The Bertz CT molecular complexity index is 670. The van der Waals surface area contributed by atoms with Crippen molar-refractivity contribution in [3.05, 3.63) is 46.1 Å². The molecule has 0 atom stereocenters. The number of nitrogens with one attached hydrogen (secondary N) is 1. The molecule has 96 valence electrons. The number of nitrogen functional groups attached to an aromatic ring is 1. The number of nitriles is 1. The van der Waals surface area contributed by atoms with Crippen LogP contribution in [0.2, 0.25) is 0 Å². The largest absolute Gasteiger partial charge is 0.389 e. The highest BCUT2D eigenvalue weighted by Gasteiger charge is 2.21. The fourth-order valence-electron chi connectivity index (χ4n) is 1.69. The number of ketones is 1. The highest BCUT2D eigenvalue weighted by molar-refractivity contribution is 7.19. The van der Waals surface area contributed by atoms with Crippen molar-refractivity contribution in [3.8, 4) is 6.07 Å². The van der Waals surface area contributed by atoms with Crippen molar-refractivity contribution in [1.82, 2.24) is 0 Å². The van der Waals surface area contributed by atoms with Crippen molar-refractivity contribution in [1.29, 1.82) is 5.26 Å². The third-order valence-corrected chi connectivity index (χ3v) is 3.63. The lowest BCUT2D eigenvalue weighted by molar-refractivity contribution is 0.104. The van der Waals surface area contributed by atoms with E-state index in [9.17, 15) is 9.18 Å². The monoisotopic (exact) mass is 275 g/mol. The minimum atomic E-state index is -0.409. The summed E-state index contributed by atoms with van der Waals surface area (Å²) in [6.45, 7) is 0. The SMILES string of the molecule is CNc1c(C(=O)c2ccc(F)cc2)sc(N)c1C#N. The highest BCUT2D eigenvalue weighted by Crippen LogP contribution is 2.36. The first-order valence-corrected chi connectivity index (χ1v) is 6.20. The molecule has 2 aromatic rings. The summed E-state index contributed by atoms with van der Waals surface area (Å²) in [4.78, 5) is 12.7. The standard InChI is InChI=1S/C13H10FN3OS/c1-17-10-9(6-15)13(16)19-12(10)11(18)7-2-4-8(14)5-3-7/h2-5,17H,16H2,1H3. The number of carbonyl (C=O) groups excluding carboxylic acids is 1. The molecule has 0 radical (unpaired) electrons. The minimum absolute atomic E-state index is 0.262. The van der Waals surface area contributed by atoms with Gasteiger partial charge < -0.3 is 11.1 Å². The van der Waals surface area contributed by atoms with Gasteiger partial charge in [0.05, 0.1) is 5.69 Å². The predicted molar refractivity (Wildman–Crippen MR) is 72.8 cm³/mol. The van der Waals surface area contributed by atoms with Crippen LogP contribution in [0, 0.1) is 17.1 Å². The molecule has 1 aromatic heterocycles. The molecule has 1 aromatic carbocycles. The average molecular weight is 275 g/mol. The molecule has 4 nitrogen and oxygen atoms in total. The Labute approximate surface area is 113 Å². The minimum Gasteiger partial charge on any atom is -0.389 e. The number of hydrogen-bond donors (Lipinski definition) is 2. The number of benzene rings is 1. The van der Waals surface area contributed by atoms with Crippen molar-refractivity contribution in [2.75, 3.05) is 18.1 Å². The van der Waals surface area contributed by atoms with Gasteiger partial charge in [0.2, 0.25) is 5.78 Å². The quantitative estimate of drug-likeness (QED) is 0.844. The van der Waals surface area contributed by atoms with Crippen LogP contribution in [0.15, 0.2) is 24.3 Å². The summed E-state index contributed by atoms with van der Waals surface area (Å²) in [5.74, 6) is -0.698. The van der Waals surface area contributed by atoms with E-state index in [-0.39, 0.29) is 16.3 Å². The van der Waals surface area contributed by atoms with Gasteiger partial charge in [-0.25, -0.2) is 4.39 Å². The lowest BCUT2D eigenvalue weighted by Gasteiger charge is -2.03. The molecular weight excluding hydrogens is 265 g/mol. The number of thiophene rings is 1. The Morgan fingerprint density at radius 3 is 2.58 bits per heavy atom. The van der Waals surface area contributed by atoms with Crippen molar-refractivity contribution in [2.45, 2.75) is 0 Å². The summed E-state index contributed by atoms with van der Waals surface area (Å²) in [6.07, 6.45) is 0. The summed E-state index contributed by atoms with van der Waals surface area (Å²) in [6, 6.07) is 7.20. The molecule has 19 heavy (non-hydrogen) atoms. The summed E-state index contributed by atoms with van der Waals surface area (Å²) >= 11 is 1.05. The van der Waals surface area contributed by atoms with Gasteiger partial charge in [0, 0.05) is 12.6 Å². The third kappa shape index (κ3) is 2.28. The van der Waals surface area contributed by atoms with Gasteiger partial charge in [-0.1, -0.05) is 0 Å². The molecule has 0 aliphatic carbocycles. The second-order valence-electron chi connectivity index (χ2n) is 3.74. The summed E-state index contributed by atoms with van der Waals surface area (Å²) < 4.78 is 12.8. The number of halogens is 1.